The fourth-order valence-electron chi connectivity index (χ4n) is 1.90. The summed E-state index contributed by atoms with van der Waals surface area (Å²) in [6, 6.07) is 10.9. The van der Waals surface area contributed by atoms with Crippen LogP contribution >= 0.6 is 0 Å². The number of nitriles is 1. The van der Waals surface area contributed by atoms with Gasteiger partial charge >= 0.3 is 6.36 Å². The molecule has 0 amide bonds. The number of para-hydroxylation sites is 2. The van der Waals surface area contributed by atoms with Crippen LogP contribution in [-0.4, -0.2) is 12.3 Å². The van der Waals surface area contributed by atoms with Gasteiger partial charge in [0.1, 0.15) is 5.82 Å². The van der Waals surface area contributed by atoms with Crippen LogP contribution in [0.4, 0.5) is 23.2 Å². The zero-order chi connectivity index (χ0) is 18.4. The number of aliphatic imine (C=N–C) groups is 1. The summed E-state index contributed by atoms with van der Waals surface area (Å²) in [6.45, 7) is -0.192. The van der Waals surface area contributed by atoms with E-state index in [-0.39, 0.29) is 29.3 Å². The van der Waals surface area contributed by atoms with E-state index in [0.717, 1.165) is 12.1 Å². The van der Waals surface area contributed by atoms with E-state index in [0.29, 0.717) is 0 Å². The molecule has 0 heterocycles. The zero-order valence-electron chi connectivity index (χ0n) is 12.6. The van der Waals surface area contributed by atoms with Crippen LogP contribution in [0.25, 0.3) is 0 Å². The van der Waals surface area contributed by atoms with Crippen molar-refractivity contribution in [2.24, 2.45) is 10.7 Å². The van der Waals surface area contributed by atoms with Gasteiger partial charge in [0.2, 0.25) is 0 Å². The first-order valence-electron chi connectivity index (χ1n) is 6.89. The standard InChI is InChI=1S/C16H12F4N4O/c17-12-6-5-10(8-21)7-11(12)9-23-15(22)24-13-3-1-2-4-14(13)25-16(18,19)20/h1-7H,9H2,(H3,22,23,24). The maximum atomic E-state index is 13.6. The number of hydrogen-bond donors (Lipinski definition) is 2. The van der Waals surface area contributed by atoms with Crippen molar-refractivity contribution >= 4 is 11.6 Å². The quantitative estimate of drug-likeness (QED) is 0.501. The molecule has 9 heteroatoms. The molecule has 0 aromatic heterocycles. The molecule has 0 aliphatic rings. The van der Waals surface area contributed by atoms with Gasteiger partial charge in [0.15, 0.2) is 11.7 Å². The highest BCUT2D eigenvalue weighted by atomic mass is 19.4. The van der Waals surface area contributed by atoms with Crippen molar-refractivity contribution in [1.82, 2.24) is 0 Å². The Hall–Kier alpha value is -3.28. The van der Waals surface area contributed by atoms with E-state index < -0.39 is 17.9 Å². The summed E-state index contributed by atoms with van der Waals surface area (Å²) in [4.78, 5) is 3.86. The van der Waals surface area contributed by atoms with Crippen LogP contribution in [0.1, 0.15) is 11.1 Å². The second kappa shape index (κ2) is 7.53. The largest absolute Gasteiger partial charge is 0.573 e. The molecule has 0 radical (unpaired) electrons. The Labute approximate surface area is 140 Å². The van der Waals surface area contributed by atoms with Gasteiger partial charge in [-0.15, -0.1) is 13.2 Å². The fourth-order valence-corrected chi connectivity index (χ4v) is 1.90. The topological polar surface area (TPSA) is 83.4 Å². The van der Waals surface area contributed by atoms with Gasteiger partial charge in [-0.1, -0.05) is 12.1 Å². The van der Waals surface area contributed by atoms with Crippen LogP contribution in [0.5, 0.6) is 5.75 Å². The molecule has 0 atom stereocenters. The van der Waals surface area contributed by atoms with Crippen molar-refractivity contribution in [3.63, 3.8) is 0 Å². The summed E-state index contributed by atoms with van der Waals surface area (Å²) >= 11 is 0. The summed E-state index contributed by atoms with van der Waals surface area (Å²) in [5.41, 5.74) is 5.95. The highest BCUT2D eigenvalue weighted by Crippen LogP contribution is 2.29. The Kier molecular flexibility index (Phi) is 5.44. The SMILES string of the molecule is N#Cc1ccc(F)c(CN=C(N)Nc2ccccc2OC(F)(F)F)c1. The summed E-state index contributed by atoms with van der Waals surface area (Å²) in [6.07, 6.45) is -4.86. The third-order valence-electron chi connectivity index (χ3n) is 2.97. The third kappa shape index (κ3) is 5.39. The van der Waals surface area contributed by atoms with Crippen molar-refractivity contribution in [2.45, 2.75) is 12.9 Å². The van der Waals surface area contributed by atoms with Gasteiger partial charge in [0, 0.05) is 5.56 Å². The number of benzene rings is 2. The van der Waals surface area contributed by atoms with Crippen LogP contribution in [0.15, 0.2) is 47.5 Å². The molecule has 5 nitrogen and oxygen atoms in total. The molecule has 0 saturated carbocycles. The molecular formula is C16H12F4N4O. The lowest BCUT2D eigenvalue weighted by Crippen LogP contribution is -2.24. The van der Waals surface area contributed by atoms with Crippen molar-refractivity contribution in [1.29, 1.82) is 5.26 Å². The molecular weight excluding hydrogens is 340 g/mol. The summed E-state index contributed by atoms with van der Waals surface area (Å²) in [5.74, 6) is -1.29. The van der Waals surface area contributed by atoms with Crippen molar-refractivity contribution in [2.75, 3.05) is 5.32 Å². The first-order chi connectivity index (χ1) is 11.8. The molecule has 0 unspecified atom stereocenters. The van der Waals surface area contributed by atoms with E-state index >= 15 is 0 Å². The number of anilines is 1. The van der Waals surface area contributed by atoms with E-state index in [1.54, 1.807) is 0 Å². The van der Waals surface area contributed by atoms with Crippen LogP contribution in [0.3, 0.4) is 0 Å². The molecule has 0 spiro atoms. The van der Waals surface area contributed by atoms with Crippen LogP contribution in [-0.2, 0) is 6.54 Å². The molecule has 3 N–H and O–H groups in total. The highest BCUT2D eigenvalue weighted by Gasteiger charge is 2.32. The first-order valence-corrected chi connectivity index (χ1v) is 6.89. The van der Waals surface area contributed by atoms with Crippen molar-refractivity contribution < 1.29 is 22.3 Å². The van der Waals surface area contributed by atoms with Crippen LogP contribution < -0.4 is 15.8 Å². The van der Waals surface area contributed by atoms with Crippen LogP contribution in [0.2, 0.25) is 0 Å². The minimum absolute atomic E-state index is 0.0488. The lowest BCUT2D eigenvalue weighted by atomic mass is 10.1. The Morgan fingerprint density at radius 2 is 1.96 bits per heavy atom. The molecule has 0 bridgehead atoms. The minimum Gasteiger partial charge on any atom is -0.404 e. The predicted octanol–water partition coefficient (Wildman–Crippen LogP) is 3.52. The number of alkyl halides is 3. The van der Waals surface area contributed by atoms with Gasteiger partial charge in [-0.2, -0.15) is 5.26 Å². The molecule has 2 aromatic carbocycles. The maximum absolute atomic E-state index is 13.6. The lowest BCUT2D eigenvalue weighted by Gasteiger charge is -2.14. The van der Waals surface area contributed by atoms with Gasteiger partial charge < -0.3 is 15.8 Å². The van der Waals surface area contributed by atoms with E-state index in [9.17, 15) is 17.6 Å². The average Bonchev–Trinajstić information content (AvgIpc) is 2.54. The maximum Gasteiger partial charge on any atom is 0.573 e. The molecule has 0 aliphatic carbocycles. The predicted molar refractivity (Wildman–Crippen MR) is 83.2 cm³/mol. The Balaban J connectivity index is 2.14. The smallest absolute Gasteiger partial charge is 0.404 e. The molecule has 2 aromatic rings. The summed E-state index contributed by atoms with van der Waals surface area (Å²) < 4.78 is 54.6. The molecule has 130 valence electrons. The first kappa shape index (κ1) is 18.1. The van der Waals surface area contributed by atoms with E-state index in [2.05, 4.69) is 15.0 Å². The van der Waals surface area contributed by atoms with E-state index in [1.807, 2.05) is 6.07 Å². The van der Waals surface area contributed by atoms with E-state index in [1.165, 1.54) is 30.3 Å². The van der Waals surface area contributed by atoms with E-state index in [4.69, 9.17) is 11.0 Å². The number of halogens is 4. The second-order valence-corrected chi connectivity index (χ2v) is 4.79. The highest BCUT2D eigenvalue weighted by molar-refractivity contribution is 5.93. The summed E-state index contributed by atoms with van der Waals surface area (Å²) in [7, 11) is 0. The van der Waals surface area contributed by atoms with Gasteiger partial charge in [-0.25, -0.2) is 9.38 Å². The normalized spacial score (nSPS) is 11.7. The molecule has 0 saturated heterocycles. The van der Waals surface area contributed by atoms with Gasteiger partial charge in [0.25, 0.3) is 0 Å². The Morgan fingerprint density at radius 3 is 2.64 bits per heavy atom. The number of nitrogens with zero attached hydrogens (tertiary/aromatic N) is 2. The molecule has 25 heavy (non-hydrogen) atoms. The Morgan fingerprint density at radius 1 is 1.24 bits per heavy atom. The number of nitrogens with one attached hydrogen (secondary N) is 1. The molecule has 0 aliphatic heterocycles. The van der Waals surface area contributed by atoms with Gasteiger partial charge in [-0.3, -0.25) is 0 Å². The summed E-state index contributed by atoms with van der Waals surface area (Å²) in [5, 5.41) is 11.3. The van der Waals surface area contributed by atoms with Gasteiger partial charge in [-0.05, 0) is 30.3 Å². The zero-order valence-corrected chi connectivity index (χ0v) is 12.6. The van der Waals surface area contributed by atoms with Crippen molar-refractivity contribution in [3.05, 3.63) is 59.4 Å². The monoisotopic (exact) mass is 352 g/mol. The van der Waals surface area contributed by atoms with Crippen LogP contribution in [0, 0.1) is 17.1 Å². The second-order valence-electron chi connectivity index (χ2n) is 4.79. The van der Waals surface area contributed by atoms with Crippen molar-refractivity contribution in [3.8, 4) is 11.8 Å². The molecule has 2 rings (SSSR count). The Bertz CT molecular complexity index is 828. The third-order valence-corrected chi connectivity index (χ3v) is 2.97. The fraction of sp³-hybridized carbons (Fsp3) is 0.125. The number of guanidine groups is 1. The number of nitrogens with two attached hydrogens (primary N) is 1. The number of rotatable bonds is 4. The average molecular weight is 352 g/mol. The number of hydrogen-bond acceptors (Lipinski definition) is 3. The minimum atomic E-state index is -4.86. The molecule has 0 fully saturated rings. The van der Waals surface area contributed by atoms with Gasteiger partial charge in [0.05, 0.1) is 23.9 Å². The number of ether oxygens (including phenoxy) is 1. The lowest BCUT2D eigenvalue weighted by molar-refractivity contribution is -0.274.